The summed E-state index contributed by atoms with van der Waals surface area (Å²) < 4.78 is 12.5. The maximum Gasteiger partial charge on any atom is 0.137 e. The Bertz CT molecular complexity index is 780. The van der Waals surface area contributed by atoms with Crippen molar-refractivity contribution < 1.29 is 14.6 Å². The summed E-state index contributed by atoms with van der Waals surface area (Å²) in [5.74, 6) is 1.49. The molecule has 21 heavy (non-hydrogen) atoms. The second-order valence-corrected chi connectivity index (χ2v) is 4.65. The smallest absolute Gasteiger partial charge is 0.137 e. The molecule has 1 N–H and O–H groups in total. The highest BCUT2D eigenvalue weighted by Crippen LogP contribution is 2.32. The van der Waals surface area contributed by atoms with Crippen molar-refractivity contribution in [3.63, 3.8) is 0 Å². The van der Waals surface area contributed by atoms with Gasteiger partial charge in [0.05, 0.1) is 26.5 Å². The largest absolute Gasteiger partial charge is 0.497 e. The van der Waals surface area contributed by atoms with E-state index < -0.39 is 0 Å². The van der Waals surface area contributed by atoms with Crippen LogP contribution in [-0.2, 0) is 6.61 Å². The third-order valence-electron chi connectivity index (χ3n) is 3.38. The van der Waals surface area contributed by atoms with Crippen molar-refractivity contribution in [3.05, 3.63) is 48.3 Å². The molecule has 1 aromatic carbocycles. The standard InChI is InChI=1S/C16H16N2O3/c1-20-12-4-5-15(21-2)13(7-12)14-9-18-8-11(10-19)3-6-16(18)17-14/h3-9,19H,10H2,1-2H3. The van der Waals surface area contributed by atoms with Crippen molar-refractivity contribution in [2.24, 2.45) is 0 Å². The van der Waals surface area contributed by atoms with Gasteiger partial charge in [0, 0.05) is 18.0 Å². The fraction of sp³-hybridized carbons (Fsp3) is 0.188. The molecule has 0 bridgehead atoms. The summed E-state index contributed by atoms with van der Waals surface area (Å²) in [5, 5.41) is 9.20. The molecule has 2 heterocycles. The van der Waals surface area contributed by atoms with Crippen LogP contribution >= 0.6 is 0 Å². The molecule has 0 unspecified atom stereocenters. The molecule has 0 spiro atoms. The lowest BCUT2D eigenvalue weighted by atomic mass is 10.1. The molecule has 0 aliphatic heterocycles. The molecule has 0 aliphatic carbocycles. The van der Waals surface area contributed by atoms with Gasteiger partial charge in [0.2, 0.25) is 0 Å². The normalized spacial score (nSPS) is 10.8. The van der Waals surface area contributed by atoms with Crippen LogP contribution in [0.1, 0.15) is 5.56 Å². The van der Waals surface area contributed by atoms with Gasteiger partial charge in [-0.25, -0.2) is 4.98 Å². The van der Waals surface area contributed by atoms with E-state index in [9.17, 15) is 5.11 Å². The number of aliphatic hydroxyl groups excluding tert-OH is 1. The fourth-order valence-electron chi connectivity index (χ4n) is 2.28. The van der Waals surface area contributed by atoms with E-state index in [4.69, 9.17) is 9.47 Å². The number of ether oxygens (including phenoxy) is 2. The summed E-state index contributed by atoms with van der Waals surface area (Å²) in [6.45, 7) is 0.00589. The topological polar surface area (TPSA) is 56.0 Å². The summed E-state index contributed by atoms with van der Waals surface area (Å²) in [6.07, 6.45) is 3.77. The number of nitrogens with zero attached hydrogens (tertiary/aromatic N) is 2. The number of aliphatic hydroxyl groups is 1. The zero-order chi connectivity index (χ0) is 14.8. The second-order valence-electron chi connectivity index (χ2n) is 4.65. The molecular formula is C16H16N2O3. The zero-order valence-electron chi connectivity index (χ0n) is 11.9. The van der Waals surface area contributed by atoms with E-state index in [2.05, 4.69) is 4.98 Å². The molecule has 0 amide bonds. The van der Waals surface area contributed by atoms with E-state index in [0.29, 0.717) is 0 Å². The quantitative estimate of drug-likeness (QED) is 0.800. The third-order valence-corrected chi connectivity index (χ3v) is 3.38. The minimum absolute atomic E-state index is 0.00589. The average molecular weight is 284 g/mol. The van der Waals surface area contributed by atoms with Crippen LogP contribution in [0.25, 0.3) is 16.9 Å². The zero-order valence-corrected chi connectivity index (χ0v) is 11.9. The Labute approximate surface area is 122 Å². The summed E-state index contributed by atoms with van der Waals surface area (Å²) >= 11 is 0. The lowest BCUT2D eigenvalue weighted by Gasteiger charge is -2.08. The Morgan fingerprint density at radius 3 is 2.67 bits per heavy atom. The van der Waals surface area contributed by atoms with Gasteiger partial charge in [-0.1, -0.05) is 6.07 Å². The number of pyridine rings is 1. The Morgan fingerprint density at radius 1 is 1.10 bits per heavy atom. The minimum atomic E-state index is 0.00589. The van der Waals surface area contributed by atoms with Gasteiger partial charge < -0.3 is 19.0 Å². The van der Waals surface area contributed by atoms with Gasteiger partial charge in [-0.3, -0.25) is 0 Å². The van der Waals surface area contributed by atoms with Gasteiger partial charge in [-0.05, 0) is 29.8 Å². The number of fused-ring (bicyclic) bond motifs is 1. The van der Waals surface area contributed by atoms with E-state index in [1.54, 1.807) is 14.2 Å². The summed E-state index contributed by atoms with van der Waals surface area (Å²) in [6, 6.07) is 9.34. The first kappa shape index (κ1) is 13.5. The van der Waals surface area contributed by atoms with Gasteiger partial charge in [0.1, 0.15) is 17.1 Å². The van der Waals surface area contributed by atoms with Crippen molar-refractivity contribution in [2.45, 2.75) is 6.61 Å². The van der Waals surface area contributed by atoms with Gasteiger partial charge in [0.15, 0.2) is 0 Å². The van der Waals surface area contributed by atoms with Crippen molar-refractivity contribution >= 4 is 5.65 Å². The Balaban J connectivity index is 2.15. The van der Waals surface area contributed by atoms with Crippen molar-refractivity contribution in [1.82, 2.24) is 9.38 Å². The first-order valence-corrected chi connectivity index (χ1v) is 6.56. The maximum absolute atomic E-state index is 9.20. The molecule has 3 rings (SSSR count). The summed E-state index contributed by atoms with van der Waals surface area (Å²) in [4.78, 5) is 4.59. The van der Waals surface area contributed by atoms with Crippen LogP contribution in [0.5, 0.6) is 11.5 Å². The lowest BCUT2D eigenvalue weighted by molar-refractivity contribution is 0.281. The Hall–Kier alpha value is -2.53. The molecule has 5 nitrogen and oxygen atoms in total. The highest BCUT2D eigenvalue weighted by molar-refractivity contribution is 5.71. The van der Waals surface area contributed by atoms with Crippen LogP contribution in [0.3, 0.4) is 0 Å². The summed E-state index contributed by atoms with van der Waals surface area (Å²) in [7, 11) is 3.26. The van der Waals surface area contributed by atoms with Crippen molar-refractivity contribution in [2.75, 3.05) is 14.2 Å². The van der Waals surface area contributed by atoms with Crippen molar-refractivity contribution in [1.29, 1.82) is 0 Å². The van der Waals surface area contributed by atoms with E-state index in [1.165, 1.54) is 0 Å². The monoisotopic (exact) mass is 284 g/mol. The highest BCUT2D eigenvalue weighted by atomic mass is 16.5. The highest BCUT2D eigenvalue weighted by Gasteiger charge is 2.11. The molecule has 0 fully saturated rings. The predicted molar refractivity (Wildman–Crippen MR) is 79.7 cm³/mol. The van der Waals surface area contributed by atoms with Crippen LogP contribution in [0.15, 0.2) is 42.7 Å². The van der Waals surface area contributed by atoms with Gasteiger partial charge in [-0.15, -0.1) is 0 Å². The number of benzene rings is 1. The van der Waals surface area contributed by atoms with Gasteiger partial charge in [-0.2, -0.15) is 0 Å². The van der Waals surface area contributed by atoms with E-state index in [0.717, 1.165) is 34.0 Å². The Morgan fingerprint density at radius 2 is 1.95 bits per heavy atom. The number of hydrogen-bond acceptors (Lipinski definition) is 4. The third kappa shape index (κ3) is 2.43. The van der Waals surface area contributed by atoms with Crippen LogP contribution in [0.4, 0.5) is 0 Å². The number of aromatic nitrogens is 2. The molecule has 2 aromatic heterocycles. The van der Waals surface area contributed by atoms with Crippen LogP contribution in [0.2, 0.25) is 0 Å². The first-order valence-electron chi connectivity index (χ1n) is 6.56. The molecule has 0 saturated carbocycles. The van der Waals surface area contributed by atoms with E-state index >= 15 is 0 Å². The fourth-order valence-corrected chi connectivity index (χ4v) is 2.28. The SMILES string of the molecule is COc1ccc(OC)c(-c2cn3cc(CO)ccc3n2)c1. The van der Waals surface area contributed by atoms with Gasteiger partial charge >= 0.3 is 0 Å². The van der Waals surface area contributed by atoms with Crippen LogP contribution in [-0.4, -0.2) is 28.7 Å². The van der Waals surface area contributed by atoms with Gasteiger partial charge in [0.25, 0.3) is 0 Å². The second kappa shape index (κ2) is 5.46. The molecule has 108 valence electrons. The predicted octanol–water partition coefficient (Wildman–Crippen LogP) is 2.51. The van der Waals surface area contributed by atoms with Crippen LogP contribution < -0.4 is 9.47 Å². The number of imidazole rings is 1. The molecule has 0 atom stereocenters. The molecule has 0 saturated heterocycles. The average Bonchev–Trinajstić information content (AvgIpc) is 2.96. The van der Waals surface area contributed by atoms with E-state index in [1.807, 2.05) is 47.1 Å². The molecular weight excluding hydrogens is 268 g/mol. The Kier molecular flexibility index (Phi) is 3.50. The van der Waals surface area contributed by atoms with Crippen LogP contribution in [0, 0.1) is 0 Å². The number of methoxy groups -OCH3 is 2. The first-order chi connectivity index (χ1) is 10.2. The number of rotatable bonds is 4. The molecule has 5 heteroatoms. The lowest BCUT2D eigenvalue weighted by Crippen LogP contribution is -1.90. The number of hydrogen-bond donors (Lipinski definition) is 1. The molecule has 3 aromatic rings. The summed E-state index contributed by atoms with van der Waals surface area (Å²) in [5.41, 5.74) is 3.31. The van der Waals surface area contributed by atoms with E-state index in [-0.39, 0.29) is 6.61 Å². The maximum atomic E-state index is 9.20. The molecule has 0 radical (unpaired) electrons. The van der Waals surface area contributed by atoms with Crippen molar-refractivity contribution in [3.8, 4) is 22.8 Å². The minimum Gasteiger partial charge on any atom is -0.497 e. The molecule has 0 aliphatic rings.